The van der Waals surface area contributed by atoms with Crippen LogP contribution in [0.2, 0.25) is 5.02 Å². The van der Waals surface area contributed by atoms with Crippen LogP contribution in [0.4, 0.5) is 8.78 Å². The van der Waals surface area contributed by atoms with E-state index >= 15 is 0 Å². The molecule has 0 aliphatic carbocycles. The van der Waals surface area contributed by atoms with Crippen molar-refractivity contribution in [2.45, 2.75) is 6.61 Å². The summed E-state index contributed by atoms with van der Waals surface area (Å²) in [6.07, 6.45) is 0. The smallest absolute Gasteiger partial charge is 0.489 e. The van der Waals surface area contributed by atoms with Gasteiger partial charge < -0.3 is 14.8 Å². The molecule has 20 heavy (non-hydrogen) atoms. The lowest BCUT2D eigenvalue weighted by Crippen LogP contribution is -2.32. The van der Waals surface area contributed by atoms with Crippen molar-refractivity contribution in [2.75, 3.05) is 0 Å². The van der Waals surface area contributed by atoms with E-state index in [2.05, 4.69) is 0 Å². The average molecular weight is 298 g/mol. The molecule has 0 aromatic heterocycles. The number of halogens is 3. The van der Waals surface area contributed by atoms with Gasteiger partial charge in [0.05, 0.1) is 0 Å². The van der Waals surface area contributed by atoms with Crippen molar-refractivity contribution in [3.63, 3.8) is 0 Å². The van der Waals surface area contributed by atoms with Crippen molar-refractivity contribution in [2.24, 2.45) is 0 Å². The van der Waals surface area contributed by atoms with E-state index in [1.165, 1.54) is 30.3 Å². The van der Waals surface area contributed by atoms with E-state index in [1.807, 2.05) is 0 Å². The van der Waals surface area contributed by atoms with Gasteiger partial charge in [-0.25, -0.2) is 8.78 Å². The topological polar surface area (TPSA) is 49.7 Å². The van der Waals surface area contributed by atoms with Gasteiger partial charge in [0.15, 0.2) is 0 Å². The Hall–Kier alpha value is -1.63. The van der Waals surface area contributed by atoms with Crippen LogP contribution in [0.1, 0.15) is 5.56 Å². The standard InChI is InChI=1S/C13H10BClF2O3/c15-9-1-4-12(16)8(5-9)7-20-10-2-3-11(14(18)19)13(17)6-10/h1-6,18-19H,7H2. The van der Waals surface area contributed by atoms with Crippen LogP contribution in [0.25, 0.3) is 0 Å². The third-order valence-corrected chi connectivity index (χ3v) is 2.89. The summed E-state index contributed by atoms with van der Waals surface area (Å²) in [5.74, 6) is -1.15. The minimum Gasteiger partial charge on any atom is -0.489 e. The van der Waals surface area contributed by atoms with Crippen molar-refractivity contribution >= 4 is 24.2 Å². The van der Waals surface area contributed by atoms with Gasteiger partial charge in [0, 0.05) is 22.1 Å². The molecule has 7 heteroatoms. The maximum absolute atomic E-state index is 13.5. The van der Waals surface area contributed by atoms with E-state index in [4.69, 9.17) is 26.4 Å². The highest BCUT2D eigenvalue weighted by molar-refractivity contribution is 6.58. The van der Waals surface area contributed by atoms with E-state index in [-0.39, 0.29) is 23.4 Å². The molecule has 0 unspecified atom stereocenters. The molecule has 2 aromatic carbocycles. The summed E-state index contributed by atoms with van der Waals surface area (Å²) in [5.41, 5.74) is -0.0181. The van der Waals surface area contributed by atoms with Gasteiger partial charge in [-0.3, -0.25) is 0 Å². The molecule has 2 aromatic rings. The van der Waals surface area contributed by atoms with E-state index in [9.17, 15) is 8.78 Å². The van der Waals surface area contributed by atoms with Gasteiger partial charge in [-0.1, -0.05) is 17.7 Å². The SMILES string of the molecule is OB(O)c1ccc(OCc2cc(Cl)ccc2F)cc1F. The Morgan fingerprint density at radius 3 is 2.45 bits per heavy atom. The zero-order valence-electron chi connectivity index (χ0n) is 10.2. The summed E-state index contributed by atoms with van der Waals surface area (Å²) in [6.45, 7) is -0.118. The molecule has 0 saturated heterocycles. The lowest BCUT2D eigenvalue weighted by molar-refractivity contribution is 0.298. The van der Waals surface area contributed by atoms with Gasteiger partial charge in [-0.15, -0.1) is 0 Å². The van der Waals surface area contributed by atoms with E-state index in [0.717, 1.165) is 6.07 Å². The first-order chi connectivity index (χ1) is 9.47. The summed E-state index contributed by atoms with van der Waals surface area (Å²) in [7, 11) is -1.89. The predicted molar refractivity (Wildman–Crippen MR) is 72.0 cm³/mol. The second kappa shape index (κ2) is 6.22. The molecule has 0 heterocycles. The Bertz CT molecular complexity index is 623. The summed E-state index contributed by atoms with van der Waals surface area (Å²) in [5, 5.41) is 18.1. The molecule has 0 atom stereocenters. The van der Waals surface area contributed by atoms with E-state index < -0.39 is 18.8 Å². The van der Waals surface area contributed by atoms with E-state index in [1.54, 1.807) is 0 Å². The largest absolute Gasteiger partial charge is 0.491 e. The fraction of sp³-hybridized carbons (Fsp3) is 0.0769. The van der Waals surface area contributed by atoms with Gasteiger partial charge in [-0.2, -0.15) is 0 Å². The molecular weight excluding hydrogens is 288 g/mol. The van der Waals surface area contributed by atoms with Crippen LogP contribution in [-0.2, 0) is 6.61 Å². The van der Waals surface area contributed by atoms with Crippen LogP contribution in [0, 0.1) is 11.6 Å². The van der Waals surface area contributed by atoms with E-state index in [0.29, 0.717) is 5.02 Å². The lowest BCUT2D eigenvalue weighted by Gasteiger charge is -2.09. The molecule has 3 nitrogen and oxygen atoms in total. The zero-order valence-corrected chi connectivity index (χ0v) is 10.9. The van der Waals surface area contributed by atoms with Crippen molar-refractivity contribution in [3.05, 3.63) is 58.6 Å². The monoisotopic (exact) mass is 298 g/mol. The first-order valence-electron chi connectivity index (χ1n) is 5.69. The Morgan fingerprint density at radius 1 is 1.05 bits per heavy atom. The quantitative estimate of drug-likeness (QED) is 0.847. The maximum atomic E-state index is 13.5. The third-order valence-electron chi connectivity index (χ3n) is 2.65. The number of hydrogen-bond donors (Lipinski definition) is 2. The number of rotatable bonds is 4. The molecule has 0 bridgehead atoms. The lowest BCUT2D eigenvalue weighted by atomic mass is 9.80. The fourth-order valence-electron chi connectivity index (χ4n) is 1.62. The Kier molecular flexibility index (Phi) is 4.59. The summed E-state index contributed by atoms with van der Waals surface area (Å²) in [6, 6.07) is 7.59. The first kappa shape index (κ1) is 14.8. The molecule has 0 spiro atoms. The third kappa shape index (κ3) is 3.48. The molecule has 104 valence electrons. The molecule has 0 saturated carbocycles. The normalized spacial score (nSPS) is 10.4. The van der Waals surface area contributed by atoms with Crippen LogP contribution in [0.15, 0.2) is 36.4 Å². The molecular formula is C13H10BClF2O3. The molecule has 0 radical (unpaired) electrons. The molecule has 0 amide bonds. The van der Waals surface area contributed by atoms with Crippen LogP contribution in [-0.4, -0.2) is 17.2 Å². The number of hydrogen-bond acceptors (Lipinski definition) is 3. The Labute approximate surface area is 119 Å². The van der Waals surface area contributed by atoms with Crippen molar-refractivity contribution < 1.29 is 23.6 Å². The van der Waals surface area contributed by atoms with Gasteiger partial charge in [0.2, 0.25) is 0 Å². The molecule has 0 aliphatic heterocycles. The van der Waals surface area contributed by atoms with Crippen LogP contribution in [0.5, 0.6) is 5.75 Å². The van der Waals surface area contributed by atoms with Crippen LogP contribution in [0.3, 0.4) is 0 Å². The van der Waals surface area contributed by atoms with Gasteiger partial charge in [0.25, 0.3) is 0 Å². The molecule has 2 rings (SSSR count). The first-order valence-corrected chi connectivity index (χ1v) is 6.07. The zero-order chi connectivity index (χ0) is 14.7. The van der Waals surface area contributed by atoms with Gasteiger partial charge in [-0.05, 0) is 24.3 Å². The van der Waals surface area contributed by atoms with Crippen LogP contribution < -0.4 is 10.2 Å². The molecule has 2 N–H and O–H groups in total. The minimum absolute atomic E-state index is 0.118. The van der Waals surface area contributed by atoms with Crippen LogP contribution >= 0.6 is 11.6 Å². The minimum atomic E-state index is -1.89. The maximum Gasteiger partial charge on any atom is 0.491 e. The number of benzene rings is 2. The summed E-state index contributed by atoms with van der Waals surface area (Å²) in [4.78, 5) is 0. The highest BCUT2D eigenvalue weighted by Crippen LogP contribution is 2.18. The Morgan fingerprint density at radius 2 is 1.80 bits per heavy atom. The summed E-state index contributed by atoms with van der Waals surface area (Å²) >= 11 is 5.74. The van der Waals surface area contributed by atoms with Gasteiger partial charge in [0.1, 0.15) is 24.0 Å². The van der Waals surface area contributed by atoms with Gasteiger partial charge >= 0.3 is 7.12 Å². The van der Waals surface area contributed by atoms with Crippen molar-refractivity contribution in [1.29, 1.82) is 0 Å². The molecule has 0 aliphatic rings. The predicted octanol–water partition coefficient (Wildman–Crippen LogP) is 1.88. The van der Waals surface area contributed by atoms with Crippen molar-refractivity contribution in [3.8, 4) is 5.75 Å². The average Bonchev–Trinajstić information content (AvgIpc) is 2.39. The summed E-state index contributed by atoms with van der Waals surface area (Å²) < 4.78 is 32.2. The second-order valence-corrected chi connectivity index (χ2v) is 4.52. The van der Waals surface area contributed by atoms with Crippen molar-refractivity contribution in [1.82, 2.24) is 0 Å². The fourth-order valence-corrected chi connectivity index (χ4v) is 1.82. The second-order valence-electron chi connectivity index (χ2n) is 4.08. The number of ether oxygens (including phenoxy) is 1. The highest BCUT2D eigenvalue weighted by Gasteiger charge is 2.16. The Balaban J connectivity index is 2.11. The highest BCUT2D eigenvalue weighted by atomic mass is 35.5. The molecule has 0 fully saturated rings.